The number of ether oxygens (including phenoxy) is 1. The van der Waals surface area contributed by atoms with Gasteiger partial charge >= 0.3 is 11.9 Å². The molecule has 0 radical (unpaired) electrons. The summed E-state index contributed by atoms with van der Waals surface area (Å²) in [7, 11) is 0. The van der Waals surface area contributed by atoms with Crippen LogP contribution < -0.4 is 0 Å². The molecule has 6 fully saturated rings. The largest absolute Gasteiger partial charge is 0.481 e. The molecule has 6 atom stereocenters. The quantitative estimate of drug-likeness (QED) is 0.0964. The lowest BCUT2D eigenvalue weighted by Gasteiger charge is -2.37. The first kappa shape index (κ1) is 39.8. The highest BCUT2D eigenvalue weighted by molar-refractivity contribution is 8.00. The molecule has 6 aliphatic rings. The summed E-state index contributed by atoms with van der Waals surface area (Å²) in [6.45, 7) is 0.986. The van der Waals surface area contributed by atoms with E-state index in [1.807, 2.05) is 0 Å². The van der Waals surface area contributed by atoms with Crippen LogP contribution in [0.4, 0.5) is 0 Å². The van der Waals surface area contributed by atoms with Crippen molar-refractivity contribution in [2.24, 2.45) is 47.3 Å². The lowest BCUT2D eigenvalue weighted by Crippen LogP contribution is -2.39. The first-order chi connectivity index (χ1) is 24.9. The van der Waals surface area contributed by atoms with Crippen LogP contribution in [0.15, 0.2) is 0 Å². The van der Waals surface area contributed by atoms with Crippen LogP contribution in [-0.4, -0.2) is 58.2 Å². The fourth-order valence-electron chi connectivity index (χ4n) is 11.3. The second-order valence-corrected chi connectivity index (χ2v) is 19.6. The summed E-state index contributed by atoms with van der Waals surface area (Å²) in [4.78, 5) is 42.1. The normalized spacial score (nSPS) is 37.5. The highest BCUT2D eigenvalue weighted by Crippen LogP contribution is 2.43. The Bertz CT molecular complexity index is 1030. The van der Waals surface area contributed by atoms with E-state index in [1.165, 1.54) is 77.0 Å². The number of carbonyl (C=O) groups excluding carboxylic acids is 1. The number of carbonyl (C=O) groups is 2. The molecule has 6 unspecified atom stereocenters. The van der Waals surface area contributed by atoms with Crippen molar-refractivity contribution in [2.75, 3.05) is 13.2 Å². The molecule has 0 amide bonds. The van der Waals surface area contributed by atoms with Gasteiger partial charge in [0.2, 0.25) is 0 Å². The van der Waals surface area contributed by atoms with Gasteiger partial charge in [0.15, 0.2) is 0 Å². The molecule has 2 N–H and O–H groups in total. The Labute approximate surface area is 312 Å². The first-order valence-electron chi connectivity index (χ1n) is 21.6. The van der Waals surface area contributed by atoms with Crippen molar-refractivity contribution >= 4 is 23.7 Å². The number of hydrogen-bond donors (Lipinski definition) is 2. The fourth-order valence-corrected chi connectivity index (χ4v) is 12.9. The van der Waals surface area contributed by atoms with E-state index >= 15 is 0 Å². The van der Waals surface area contributed by atoms with Gasteiger partial charge in [-0.1, -0.05) is 70.6 Å². The van der Waals surface area contributed by atoms with Gasteiger partial charge in [-0.2, -0.15) is 11.8 Å². The maximum Gasteiger partial charge on any atom is 0.310 e. The SMILES string of the molecule is O=C(O)C1CCC(CC2CCCCC2)CC1C(=O)OC1CCC(SC2CCC(OOCC3CC(CC4CCCCC4)CCC3COO)CC2)CC1. The number of carboxylic acids is 1. The van der Waals surface area contributed by atoms with Gasteiger partial charge in [0.25, 0.3) is 0 Å². The average Bonchev–Trinajstić information content (AvgIpc) is 3.15. The third kappa shape index (κ3) is 12.3. The highest BCUT2D eigenvalue weighted by Gasteiger charge is 2.42. The zero-order valence-corrected chi connectivity index (χ0v) is 32.3. The molecule has 0 aromatic heterocycles. The smallest absolute Gasteiger partial charge is 0.310 e. The summed E-state index contributed by atoms with van der Waals surface area (Å²) >= 11 is 2.13. The lowest BCUT2D eigenvalue weighted by molar-refractivity contribution is -0.339. The van der Waals surface area contributed by atoms with E-state index in [4.69, 9.17) is 14.5 Å². The molecule has 9 heteroatoms. The van der Waals surface area contributed by atoms with Gasteiger partial charge in [0, 0.05) is 10.5 Å². The molecule has 51 heavy (non-hydrogen) atoms. The van der Waals surface area contributed by atoms with E-state index in [2.05, 4.69) is 16.6 Å². The summed E-state index contributed by atoms with van der Waals surface area (Å²) < 4.78 is 6.08. The van der Waals surface area contributed by atoms with Crippen LogP contribution in [0.25, 0.3) is 0 Å². The maximum absolute atomic E-state index is 13.4. The van der Waals surface area contributed by atoms with Gasteiger partial charge in [-0.25, -0.2) is 14.7 Å². The molecule has 6 rings (SSSR count). The molecule has 0 bridgehead atoms. The third-order valence-corrected chi connectivity index (χ3v) is 16.0. The van der Waals surface area contributed by atoms with Gasteiger partial charge in [-0.3, -0.25) is 14.8 Å². The summed E-state index contributed by atoms with van der Waals surface area (Å²) in [5.74, 6) is 1.44. The van der Waals surface area contributed by atoms with Gasteiger partial charge in [-0.05, 0) is 132 Å². The number of aliphatic carboxylic acids is 1. The van der Waals surface area contributed by atoms with Gasteiger partial charge < -0.3 is 9.84 Å². The van der Waals surface area contributed by atoms with Crippen LogP contribution in [0.3, 0.4) is 0 Å². The second kappa shape index (κ2) is 20.7. The molecule has 6 aliphatic carbocycles. The van der Waals surface area contributed by atoms with E-state index in [9.17, 15) is 20.0 Å². The Morgan fingerprint density at radius 1 is 0.549 bits per heavy atom. The molecule has 0 aromatic carbocycles. The van der Waals surface area contributed by atoms with Crippen LogP contribution >= 0.6 is 11.8 Å². The number of esters is 1. The topological polar surface area (TPSA) is 112 Å². The second-order valence-electron chi connectivity index (χ2n) is 18.0. The monoisotopic (exact) mass is 734 g/mol. The molecular weight excluding hydrogens is 665 g/mol. The molecule has 0 aromatic rings. The van der Waals surface area contributed by atoms with Crippen molar-refractivity contribution < 1.29 is 39.4 Å². The molecule has 0 saturated heterocycles. The van der Waals surface area contributed by atoms with Crippen LogP contribution in [0, 0.1) is 47.3 Å². The maximum atomic E-state index is 13.4. The van der Waals surface area contributed by atoms with Crippen molar-refractivity contribution in [1.29, 1.82) is 0 Å². The molecule has 0 aliphatic heterocycles. The van der Waals surface area contributed by atoms with Gasteiger partial charge in [0.05, 0.1) is 31.2 Å². The lowest BCUT2D eigenvalue weighted by atomic mass is 9.70. The predicted molar refractivity (Wildman–Crippen MR) is 200 cm³/mol. The van der Waals surface area contributed by atoms with E-state index in [-0.39, 0.29) is 18.2 Å². The molecule has 6 saturated carbocycles. The summed E-state index contributed by atoms with van der Waals surface area (Å²) in [5.41, 5.74) is 0. The Kier molecular flexibility index (Phi) is 16.2. The summed E-state index contributed by atoms with van der Waals surface area (Å²) in [5, 5.41) is 20.3. The third-order valence-electron chi connectivity index (χ3n) is 14.3. The van der Waals surface area contributed by atoms with Crippen LogP contribution in [0.1, 0.15) is 167 Å². The van der Waals surface area contributed by atoms with Crippen molar-refractivity contribution in [3.8, 4) is 0 Å². The van der Waals surface area contributed by atoms with Crippen molar-refractivity contribution in [3.63, 3.8) is 0 Å². The zero-order valence-electron chi connectivity index (χ0n) is 31.5. The molecule has 0 spiro atoms. The van der Waals surface area contributed by atoms with Crippen molar-refractivity contribution in [2.45, 2.75) is 190 Å². The number of rotatable bonds is 15. The van der Waals surface area contributed by atoms with Gasteiger partial charge in [0.1, 0.15) is 6.10 Å². The summed E-state index contributed by atoms with van der Waals surface area (Å²) in [6.07, 6.45) is 30.1. The summed E-state index contributed by atoms with van der Waals surface area (Å²) in [6, 6.07) is 0. The molecule has 292 valence electrons. The van der Waals surface area contributed by atoms with Crippen molar-refractivity contribution in [3.05, 3.63) is 0 Å². The number of carboxylic acid groups (broad SMARTS) is 1. The average molecular weight is 735 g/mol. The minimum Gasteiger partial charge on any atom is -0.481 e. The Morgan fingerprint density at radius 3 is 1.71 bits per heavy atom. The van der Waals surface area contributed by atoms with Crippen LogP contribution in [0.5, 0.6) is 0 Å². The molecular formula is C42H70O8S. The van der Waals surface area contributed by atoms with Gasteiger partial charge in [-0.15, -0.1) is 0 Å². The molecule has 0 heterocycles. The predicted octanol–water partition coefficient (Wildman–Crippen LogP) is 10.4. The standard InChI is InChI=1S/C42H70O8S/c43-41(44)39-22-12-32(24-30-9-5-2-6-10-30)26-40(39)42(45)49-35-14-18-37(19-15-35)51-38-20-16-36(17-21-38)50-48-28-34-25-31(11-13-33(34)27-47-46)23-29-7-3-1-4-8-29/h29-40,46H,1-28H2,(H,43,44). The van der Waals surface area contributed by atoms with E-state index in [0.29, 0.717) is 54.3 Å². The minimum atomic E-state index is -0.830. The van der Waals surface area contributed by atoms with E-state index in [1.54, 1.807) is 0 Å². The Hall–Kier alpha value is -0.870. The molecule has 8 nitrogen and oxygen atoms in total. The number of thioether (sulfide) groups is 1. The van der Waals surface area contributed by atoms with Crippen LogP contribution in [-0.2, 0) is 29.0 Å². The Balaban J connectivity index is 0.858. The fraction of sp³-hybridized carbons (Fsp3) is 0.952. The van der Waals surface area contributed by atoms with Crippen molar-refractivity contribution in [1.82, 2.24) is 0 Å². The zero-order chi connectivity index (χ0) is 35.4. The van der Waals surface area contributed by atoms with E-state index < -0.39 is 17.8 Å². The Morgan fingerprint density at radius 2 is 1.12 bits per heavy atom. The minimum absolute atomic E-state index is 0.0703. The first-order valence-corrected chi connectivity index (χ1v) is 22.5. The highest BCUT2D eigenvalue weighted by atomic mass is 32.2. The number of hydrogen-bond acceptors (Lipinski definition) is 8. The van der Waals surface area contributed by atoms with Crippen LogP contribution in [0.2, 0.25) is 0 Å². The van der Waals surface area contributed by atoms with E-state index in [0.717, 1.165) is 94.8 Å².